The molecule has 0 aromatic heterocycles. The summed E-state index contributed by atoms with van der Waals surface area (Å²) in [5.41, 5.74) is 2.53. The van der Waals surface area contributed by atoms with Crippen LogP contribution in [0.1, 0.15) is 12.5 Å². The lowest BCUT2D eigenvalue weighted by Crippen LogP contribution is -2.50. The van der Waals surface area contributed by atoms with Gasteiger partial charge in [-0.1, -0.05) is 48.5 Å². The summed E-state index contributed by atoms with van der Waals surface area (Å²) in [7, 11) is 0. The van der Waals surface area contributed by atoms with E-state index in [4.69, 9.17) is 4.74 Å². The van der Waals surface area contributed by atoms with Crippen molar-refractivity contribution in [2.24, 2.45) is 0 Å². The highest BCUT2D eigenvalue weighted by molar-refractivity contribution is 8.02. The first-order valence-corrected chi connectivity index (χ1v) is 12.0. The number of rotatable bonds is 6. The summed E-state index contributed by atoms with van der Waals surface area (Å²) in [6, 6.07) is 23.7. The van der Waals surface area contributed by atoms with Crippen molar-refractivity contribution in [2.75, 3.05) is 34.0 Å². The maximum atomic E-state index is 14.0. The molecule has 2 aliphatic rings. The van der Waals surface area contributed by atoms with Crippen molar-refractivity contribution in [3.63, 3.8) is 0 Å². The Morgan fingerprint density at radius 3 is 2.50 bits per heavy atom. The molecule has 0 aliphatic carbocycles. The highest BCUT2D eigenvalue weighted by Crippen LogP contribution is 2.55. The molecule has 3 aromatic rings. The van der Waals surface area contributed by atoms with Crippen molar-refractivity contribution in [3.05, 3.63) is 84.4 Å². The fraction of sp³-hybridized carbons (Fsp3) is 0.192. The lowest BCUT2D eigenvalue weighted by Gasteiger charge is -2.33. The van der Waals surface area contributed by atoms with E-state index in [1.165, 1.54) is 16.7 Å². The van der Waals surface area contributed by atoms with E-state index < -0.39 is 4.87 Å². The van der Waals surface area contributed by atoms with Gasteiger partial charge in [0.25, 0.3) is 5.91 Å². The number of para-hydroxylation sites is 4. The zero-order valence-corrected chi connectivity index (χ0v) is 19.4. The quantitative estimate of drug-likeness (QED) is 0.585. The van der Waals surface area contributed by atoms with Gasteiger partial charge in [0.15, 0.2) is 0 Å². The van der Waals surface area contributed by atoms with Crippen molar-refractivity contribution >= 4 is 46.5 Å². The largest absolute Gasteiger partial charge is 0.492 e. The van der Waals surface area contributed by atoms with Gasteiger partial charge in [0, 0.05) is 11.3 Å². The summed E-state index contributed by atoms with van der Waals surface area (Å²) in [4.78, 5) is 41.8. The highest BCUT2D eigenvalue weighted by Gasteiger charge is 2.61. The number of hydrogen-bond acceptors (Lipinski definition) is 5. The second kappa shape index (κ2) is 8.87. The van der Waals surface area contributed by atoms with Crippen LogP contribution in [0, 0.1) is 0 Å². The topological polar surface area (TPSA) is 79.0 Å². The molecule has 3 aromatic carbocycles. The van der Waals surface area contributed by atoms with E-state index in [2.05, 4.69) is 5.32 Å². The Morgan fingerprint density at radius 2 is 1.71 bits per heavy atom. The van der Waals surface area contributed by atoms with Crippen molar-refractivity contribution in [1.82, 2.24) is 0 Å². The molecule has 1 fully saturated rings. The molecule has 0 saturated carbocycles. The Labute approximate surface area is 201 Å². The Morgan fingerprint density at radius 1 is 1.00 bits per heavy atom. The number of hydrogen-bond donors (Lipinski definition) is 1. The van der Waals surface area contributed by atoms with Gasteiger partial charge in [0.05, 0.1) is 23.7 Å². The number of nitrogens with zero attached hydrogens (tertiary/aromatic N) is 2. The Kier molecular flexibility index (Phi) is 5.75. The number of fused-ring (bicyclic) bond motifs is 2. The second-order valence-electron chi connectivity index (χ2n) is 7.88. The standard InChI is InChI=1S/C26H23N3O4S/c1-2-33-22-15-9-7-13-20(22)27-23(30)16-28-21-14-8-6-12-19(21)26(25(28)32)29(24(31)17-34-26)18-10-4-3-5-11-18/h3-15H,2,16-17H2,1H3,(H,27,30). The summed E-state index contributed by atoms with van der Waals surface area (Å²) in [5.74, 6) is -0.0578. The van der Waals surface area contributed by atoms with Crippen molar-refractivity contribution in [3.8, 4) is 5.75 Å². The zero-order chi connectivity index (χ0) is 23.7. The van der Waals surface area contributed by atoms with Crippen LogP contribution in [-0.4, -0.2) is 36.6 Å². The van der Waals surface area contributed by atoms with Gasteiger partial charge >= 0.3 is 0 Å². The van der Waals surface area contributed by atoms with Gasteiger partial charge in [-0.2, -0.15) is 0 Å². The van der Waals surface area contributed by atoms with Gasteiger partial charge in [0.2, 0.25) is 16.7 Å². The van der Waals surface area contributed by atoms with E-state index >= 15 is 0 Å². The number of nitrogens with one attached hydrogen (secondary N) is 1. The van der Waals surface area contributed by atoms with Gasteiger partial charge < -0.3 is 10.1 Å². The van der Waals surface area contributed by atoms with Gasteiger partial charge in [0.1, 0.15) is 12.3 Å². The Hall–Kier alpha value is -3.78. The minimum absolute atomic E-state index is 0.142. The predicted octanol–water partition coefficient (Wildman–Crippen LogP) is 4.00. The third-order valence-corrected chi connectivity index (χ3v) is 7.23. The van der Waals surface area contributed by atoms with Gasteiger partial charge in [-0.3, -0.25) is 24.2 Å². The molecule has 2 aliphatic heterocycles. The molecule has 0 radical (unpaired) electrons. The molecule has 7 nitrogen and oxygen atoms in total. The third kappa shape index (κ3) is 3.51. The minimum Gasteiger partial charge on any atom is -0.492 e. The van der Waals surface area contributed by atoms with Crippen LogP contribution in [0.5, 0.6) is 5.75 Å². The van der Waals surface area contributed by atoms with Crippen LogP contribution in [0.25, 0.3) is 0 Å². The third-order valence-electron chi connectivity index (χ3n) is 5.84. The first-order valence-electron chi connectivity index (χ1n) is 11.0. The van der Waals surface area contributed by atoms with Gasteiger partial charge in [-0.05, 0) is 37.3 Å². The zero-order valence-electron chi connectivity index (χ0n) is 18.6. The molecule has 8 heteroatoms. The molecule has 1 atom stereocenters. The fourth-order valence-electron chi connectivity index (χ4n) is 4.47. The van der Waals surface area contributed by atoms with Crippen LogP contribution in [0.4, 0.5) is 17.1 Å². The summed E-state index contributed by atoms with van der Waals surface area (Å²) < 4.78 is 5.59. The van der Waals surface area contributed by atoms with Gasteiger partial charge in [-0.15, -0.1) is 11.8 Å². The first-order chi connectivity index (χ1) is 16.6. The maximum Gasteiger partial charge on any atom is 0.269 e. The monoisotopic (exact) mass is 473 g/mol. The molecule has 1 saturated heterocycles. The number of amides is 3. The second-order valence-corrected chi connectivity index (χ2v) is 9.05. The number of benzene rings is 3. The first kappa shape index (κ1) is 22.0. The smallest absolute Gasteiger partial charge is 0.269 e. The molecular formula is C26H23N3O4S. The molecule has 2 heterocycles. The average molecular weight is 474 g/mol. The maximum absolute atomic E-state index is 14.0. The Bertz CT molecular complexity index is 1270. The van der Waals surface area contributed by atoms with Crippen molar-refractivity contribution in [2.45, 2.75) is 11.8 Å². The van der Waals surface area contributed by atoms with Crippen LogP contribution < -0.4 is 19.9 Å². The highest BCUT2D eigenvalue weighted by atomic mass is 32.2. The van der Waals surface area contributed by atoms with E-state index in [-0.39, 0.29) is 30.0 Å². The predicted molar refractivity (Wildman–Crippen MR) is 133 cm³/mol. The van der Waals surface area contributed by atoms with E-state index in [0.717, 1.165) is 0 Å². The molecule has 1 unspecified atom stereocenters. The molecular weight excluding hydrogens is 450 g/mol. The van der Waals surface area contributed by atoms with E-state index in [9.17, 15) is 14.4 Å². The van der Waals surface area contributed by atoms with Crippen LogP contribution >= 0.6 is 11.8 Å². The molecule has 172 valence electrons. The number of ether oxygens (including phenoxy) is 1. The summed E-state index contributed by atoms with van der Waals surface area (Å²) in [6.07, 6.45) is 0. The number of thioether (sulfide) groups is 1. The number of anilines is 3. The number of carbonyl (C=O) groups excluding carboxylic acids is 3. The van der Waals surface area contributed by atoms with Crippen molar-refractivity contribution < 1.29 is 19.1 Å². The van der Waals surface area contributed by atoms with Crippen LogP contribution in [-0.2, 0) is 19.3 Å². The van der Waals surface area contributed by atoms with Gasteiger partial charge in [-0.25, -0.2) is 0 Å². The lowest BCUT2D eigenvalue weighted by molar-refractivity contribution is -0.124. The molecule has 1 N–H and O–H groups in total. The van der Waals surface area contributed by atoms with Crippen molar-refractivity contribution in [1.29, 1.82) is 0 Å². The van der Waals surface area contributed by atoms with E-state index in [1.807, 2.05) is 73.7 Å². The van der Waals surface area contributed by atoms with E-state index in [0.29, 0.717) is 35.0 Å². The fourth-order valence-corrected chi connectivity index (χ4v) is 5.83. The van der Waals surface area contributed by atoms with Crippen LogP contribution in [0.3, 0.4) is 0 Å². The Balaban J connectivity index is 1.48. The molecule has 5 rings (SSSR count). The SMILES string of the molecule is CCOc1ccccc1NC(=O)CN1C(=O)C2(SCC(=O)N2c2ccccc2)c2ccccc21. The van der Waals surface area contributed by atoms with Crippen LogP contribution in [0.15, 0.2) is 78.9 Å². The summed E-state index contributed by atoms with van der Waals surface area (Å²) in [6.45, 7) is 2.15. The lowest BCUT2D eigenvalue weighted by atomic mass is 10.0. The summed E-state index contributed by atoms with van der Waals surface area (Å²) >= 11 is 1.29. The normalized spacial score (nSPS) is 19.0. The molecule has 1 spiro atoms. The molecule has 3 amide bonds. The van der Waals surface area contributed by atoms with Crippen LogP contribution in [0.2, 0.25) is 0 Å². The summed E-state index contributed by atoms with van der Waals surface area (Å²) in [5, 5.41) is 2.86. The van der Waals surface area contributed by atoms with E-state index in [1.54, 1.807) is 17.0 Å². The number of carbonyl (C=O) groups is 3. The molecule has 34 heavy (non-hydrogen) atoms. The minimum atomic E-state index is -1.24. The average Bonchev–Trinajstić information content (AvgIpc) is 3.32. The molecule has 0 bridgehead atoms.